The summed E-state index contributed by atoms with van der Waals surface area (Å²) in [5, 5.41) is 11.2. The third-order valence-corrected chi connectivity index (χ3v) is 2.90. The van der Waals surface area contributed by atoms with Crippen molar-refractivity contribution in [2.45, 2.75) is 25.0 Å². The van der Waals surface area contributed by atoms with Crippen LogP contribution in [0.5, 0.6) is 0 Å². The van der Waals surface area contributed by atoms with Crippen LogP contribution < -0.4 is 5.32 Å². The summed E-state index contributed by atoms with van der Waals surface area (Å²) in [4.78, 5) is 10.7. The fraction of sp³-hybridized carbons (Fsp3) is 0.417. The Labute approximate surface area is 107 Å². The maximum Gasteiger partial charge on any atom is 0.332 e. The van der Waals surface area contributed by atoms with Gasteiger partial charge in [-0.1, -0.05) is 0 Å². The van der Waals surface area contributed by atoms with Crippen LogP contribution in [0.4, 0.5) is 18.9 Å². The molecular weight excluding hydrogens is 263 g/mol. The second kappa shape index (κ2) is 5.48. The highest BCUT2D eigenvalue weighted by molar-refractivity contribution is 5.72. The molecule has 1 heterocycles. The summed E-state index contributed by atoms with van der Waals surface area (Å²) >= 11 is 0. The van der Waals surface area contributed by atoms with E-state index in [1.807, 2.05) is 0 Å². The Hall–Kier alpha value is -1.76. The summed E-state index contributed by atoms with van der Waals surface area (Å²) in [6, 6.07) is 1.14. The number of aliphatic carboxylic acids is 1. The molecule has 0 bridgehead atoms. The van der Waals surface area contributed by atoms with Crippen molar-refractivity contribution in [3.05, 3.63) is 29.6 Å². The number of carbonyl (C=O) groups is 1. The average Bonchev–Trinajstić information content (AvgIpc) is 2.76. The smallest absolute Gasteiger partial charge is 0.332 e. The van der Waals surface area contributed by atoms with Gasteiger partial charge < -0.3 is 15.2 Å². The van der Waals surface area contributed by atoms with Gasteiger partial charge in [-0.3, -0.25) is 0 Å². The molecule has 2 N–H and O–H groups in total. The van der Waals surface area contributed by atoms with Gasteiger partial charge in [-0.25, -0.2) is 18.0 Å². The molecule has 2 unspecified atom stereocenters. The van der Waals surface area contributed by atoms with Crippen molar-refractivity contribution in [1.82, 2.24) is 0 Å². The number of rotatable bonds is 4. The predicted octanol–water partition coefficient (Wildman–Crippen LogP) is 2.15. The number of hydrogen-bond acceptors (Lipinski definition) is 3. The van der Waals surface area contributed by atoms with E-state index in [-0.39, 0.29) is 6.54 Å². The molecule has 1 fully saturated rings. The number of anilines is 1. The first-order valence-corrected chi connectivity index (χ1v) is 5.74. The predicted molar refractivity (Wildman–Crippen MR) is 60.3 cm³/mol. The zero-order valence-corrected chi connectivity index (χ0v) is 9.83. The van der Waals surface area contributed by atoms with Crippen LogP contribution in [0.1, 0.15) is 12.8 Å². The average molecular weight is 275 g/mol. The van der Waals surface area contributed by atoms with Gasteiger partial charge in [0.15, 0.2) is 17.7 Å². The first-order chi connectivity index (χ1) is 8.97. The molecule has 1 saturated heterocycles. The standard InChI is InChI=1S/C12H12F3NO3/c13-6-3-8(14)11(9(15)4-6)16-5-7-1-2-10(19-7)12(17)18/h3-4,7,10,16H,1-2,5H2,(H,17,18). The number of ether oxygens (including phenoxy) is 1. The van der Waals surface area contributed by atoms with E-state index in [1.54, 1.807) is 0 Å². The molecule has 0 spiro atoms. The largest absolute Gasteiger partial charge is 0.479 e. The molecule has 1 aliphatic heterocycles. The molecule has 1 aliphatic rings. The molecule has 0 aromatic heterocycles. The number of benzene rings is 1. The van der Waals surface area contributed by atoms with Crippen LogP contribution in [0.3, 0.4) is 0 Å². The van der Waals surface area contributed by atoms with Crippen LogP contribution in [-0.4, -0.2) is 29.8 Å². The minimum absolute atomic E-state index is 0.0588. The molecule has 2 rings (SSSR count). The van der Waals surface area contributed by atoms with Gasteiger partial charge in [0.2, 0.25) is 0 Å². The fourth-order valence-electron chi connectivity index (χ4n) is 1.96. The van der Waals surface area contributed by atoms with Crippen molar-refractivity contribution in [1.29, 1.82) is 0 Å². The van der Waals surface area contributed by atoms with Gasteiger partial charge in [0.05, 0.1) is 6.10 Å². The summed E-state index contributed by atoms with van der Waals surface area (Å²) in [5.41, 5.74) is -0.441. The van der Waals surface area contributed by atoms with Crippen molar-refractivity contribution >= 4 is 11.7 Å². The molecule has 4 nitrogen and oxygen atoms in total. The van der Waals surface area contributed by atoms with Gasteiger partial charge in [0.25, 0.3) is 0 Å². The number of hydrogen-bond donors (Lipinski definition) is 2. The van der Waals surface area contributed by atoms with Crippen molar-refractivity contribution in [3.63, 3.8) is 0 Å². The van der Waals surface area contributed by atoms with E-state index < -0.39 is 41.3 Å². The van der Waals surface area contributed by atoms with Crippen molar-refractivity contribution in [2.24, 2.45) is 0 Å². The quantitative estimate of drug-likeness (QED) is 0.884. The highest BCUT2D eigenvalue weighted by atomic mass is 19.1. The molecule has 19 heavy (non-hydrogen) atoms. The lowest BCUT2D eigenvalue weighted by molar-refractivity contribution is -0.149. The second-order valence-electron chi connectivity index (χ2n) is 4.29. The van der Waals surface area contributed by atoms with Crippen molar-refractivity contribution in [2.75, 3.05) is 11.9 Å². The Kier molecular flexibility index (Phi) is 3.94. The summed E-state index contributed by atoms with van der Waals surface area (Å²) in [6.45, 7) is 0.0588. The van der Waals surface area contributed by atoms with E-state index in [9.17, 15) is 18.0 Å². The minimum Gasteiger partial charge on any atom is -0.479 e. The topological polar surface area (TPSA) is 58.6 Å². The third-order valence-electron chi connectivity index (χ3n) is 2.90. The molecule has 104 valence electrons. The van der Waals surface area contributed by atoms with E-state index in [4.69, 9.17) is 9.84 Å². The summed E-state index contributed by atoms with van der Waals surface area (Å²) in [7, 11) is 0. The lowest BCUT2D eigenvalue weighted by atomic mass is 10.2. The Bertz CT molecular complexity index is 472. The zero-order valence-electron chi connectivity index (χ0n) is 9.83. The third kappa shape index (κ3) is 3.17. The zero-order chi connectivity index (χ0) is 14.0. The summed E-state index contributed by atoms with van der Waals surface area (Å²) < 4.78 is 44.5. The Morgan fingerprint density at radius 1 is 1.32 bits per heavy atom. The molecule has 0 amide bonds. The molecule has 1 aromatic carbocycles. The number of nitrogens with one attached hydrogen (secondary N) is 1. The van der Waals surface area contributed by atoms with Crippen LogP contribution in [-0.2, 0) is 9.53 Å². The highest BCUT2D eigenvalue weighted by Crippen LogP contribution is 2.23. The first-order valence-electron chi connectivity index (χ1n) is 5.74. The molecule has 0 saturated carbocycles. The van der Waals surface area contributed by atoms with E-state index in [2.05, 4.69) is 5.32 Å². The van der Waals surface area contributed by atoms with Crippen LogP contribution >= 0.6 is 0 Å². The second-order valence-corrected chi connectivity index (χ2v) is 4.29. The van der Waals surface area contributed by atoms with Gasteiger partial charge in [-0.05, 0) is 12.8 Å². The fourth-order valence-corrected chi connectivity index (χ4v) is 1.96. The van der Waals surface area contributed by atoms with Crippen molar-refractivity contribution < 1.29 is 27.8 Å². The highest BCUT2D eigenvalue weighted by Gasteiger charge is 2.30. The number of carboxylic acids is 1. The molecule has 1 aromatic rings. The lowest BCUT2D eigenvalue weighted by Crippen LogP contribution is -2.25. The van der Waals surface area contributed by atoms with Crippen molar-refractivity contribution in [3.8, 4) is 0 Å². The summed E-state index contributed by atoms with van der Waals surface area (Å²) in [6.07, 6.45) is -0.482. The van der Waals surface area contributed by atoms with Crippen LogP contribution in [0.2, 0.25) is 0 Å². The van der Waals surface area contributed by atoms with Gasteiger partial charge in [0.1, 0.15) is 11.5 Å². The molecule has 0 radical (unpaired) electrons. The first kappa shape index (κ1) is 13.7. The van der Waals surface area contributed by atoms with Crippen LogP contribution in [0.25, 0.3) is 0 Å². The molecule has 0 aliphatic carbocycles. The maximum absolute atomic E-state index is 13.3. The van der Waals surface area contributed by atoms with Gasteiger partial charge in [-0.15, -0.1) is 0 Å². The normalized spacial score (nSPS) is 22.5. The Morgan fingerprint density at radius 2 is 1.95 bits per heavy atom. The van der Waals surface area contributed by atoms with E-state index in [0.717, 1.165) is 0 Å². The minimum atomic E-state index is -1.05. The van der Waals surface area contributed by atoms with E-state index in [1.165, 1.54) is 0 Å². The summed E-state index contributed by atoms with van der Waals surface area (Å²) in [5.74, 6) is -4.12. The van der Waals surface area contributed by atoms with Gasteiger partial charge in [-0.2, -0.15) is 0 Å². The Morgan fingerprint density at radius 3 is 2.47 bits per heavy atom. The van der Waals surface area contributed by atoms with Crippen LogP contribution in [0.15, 0.2) is 12.1 Å². The maximum atomic E-state index is 13.3. The monoisotopic (exact) mass is 275 g/mol. The van der Waals surface area contributed by atoms with Gasteiger partial charge in [0, 0.05) is 18.7 Å². The molecule has 2 atom stereocenters. The van der Waals surface area contributed by atoms with Crippen LogP contribution in [0, 0.1) is 17.5 Å². The number of halogens is 3. The van der Waals surface area contributed by atoms with Gasteiger partial charge >= 0.3 is 5.97 Å². The molecular formula is C12H12F3NO3. The Balaban J connectivity index is 1.95. The SMILES string of the molecule is O=C(O)C1CCC(CNc2c(F)cc(F)cc2F)O1. The van der Waals surface area contributed by atoms with E-state index >= 15 is 0 Å². The molecule has 7 heteroatoms. The van der Waals surface area contributed by atoms with E-state index in [0.29, 0.717) is 25.0 Å². The number of carboxylic acid groups (broad SMARTS) is 1. The lowest BCUT2D eigenvalue weighted by Gasteiger charge is -2.14.